The lowest BCUT2D eigenvalue weighted by Gasteiger charge is -2.23. The van der Waals surface area contributed by atoms with Crippen LogP contribution in [0, 0.1) is 10.1 Å². The average Bonchev–Trinajstić information content (AvgIpc) is 2.67. The first-order valence-corrected chi connectivity index (χ1v) is 11.0. The number of anilines is 2. The molecule has 10 nitrogen and oxygen atoms in total. The Hall–Kier alpha value is -2.49. The summed E-state index contributed by atoms with van der Waals surface area (Å²) in [7, 11) is 1.57. The minimum Gasteiger partial charge on any atom is -0.459 e. The molecule has 1 aromatic heterocycles. The van der Waals surface area contributed by atoms with Gasteiger partial charge in [-0.1, -0.05) is 26.7 Å². The van der Waals surface area contributed by atoms with Crippen LogP contribution in [0.1, 0.15) is 60.3 Å². The van der Waals surface area contributed by atoms with E-state index in [-0.39, 0.29) is 23.9 Å². The number of carbonyl (C=O) groups excluding carboxylic acids is 1. The summed E-state index contributed by atoms with van der Waals surface area (Å²) in [5.41, 5.74) is -0.883. The van der Waals surface area contributed by atoms with Crippen molar-refractivity contribution in [1.29, 1.82) is 0 Å². The lowest BCUT2D eigenvalue weighted by molar-refractivity contribution is -0.383. The molecule has 176 valence electrons. The molecular formula is C21H38N6O4. The Bertz CT molecular complexity index is 700. The fraction of sp³-hybridized carbons (Fsp3) is 0.762. The average molecular weight is 439 g/mol. The van der Waals surface area contributed by atoms with Gasteiger partial charge in [0, 0.05) is 20.1 Å². The number of nitrogens with zero attached hydrogens (tertiary/aromatic N) is 5. The molecule has 10 heteroatoms. The van der Waals surface area contributed by atoms with Crippen molar-refractivity contribution in [3.8, 4) is 0 Å². The third-order valence-corrected chi connectivity index (χ3v) is 4.51. The molecule has 1 aromatic rings. The largest absolute Gasteiger partial charge is 0.459 e. The van der Waals surface area contributed by atoms with Crippen molar-refractivity contribution in [3.05, 3.63) is 16.4 Å². The number of esters is 1. The maximum atomic E-state index is 12.1. The molecular weight excluding hydrogens is 400 g/mol. The van der Waals surface area contributed by atoms with Gasteiger partial charge in [-0.05, 0) is 46.7 Å². The number of rotatable bonds is 14. The second kappa shape index (κ2) is 13.0. The fourth-order valence-electron chi connectivity index (χ4n) is 3.02. The predicted molar refractivity (Wildman–Crippen MR) is 123 cm³/mol. The third kappa shape index (κ3) is 9.91. The van der Waals surface area contributed by atoms with Gasteiger partial charge in [0.15, 0.2) is 0 Å². The molecule has 1 rings (SSSR count). The molecule has 0 unspecified atom stereocenters. The smallest absolute Gasteiger partial charge is 0.353 e. The number of hydrogen-bond acceptors (Lipinski definition) is 9. The zero-order valence-corrected chi connectivity index (χ0v) is 19.8. The number of likely N-dealkylation sites (N-methyl/N-ethyl adjacent to an activating group) is 1. The molecule has 1 N–H and O–H groups in total. The molecule has 0 spiro atoms. The number of hydrogen-bond donors (Lipinski definition) is 1. The van der Waals surface area contributed by atoms with E-state index in [9.17, 15) is 14.9 Å². The Balaban J connectivity index is 2.88. The predicted octanol–water partition coefficient (Wildman–Crippen LogP) is 3.48. The number of carbonyl (C=O) groups is 1. The van der Waals surface area contributed by atoms with Gasteiger partial charge >= 0.3 is 11.7 Å². The summed E-state index contributed by atoms with van der Waals surface area (Å²) >= 11 is 0. The SMILES string of the molecule is CCCCN(CCCC)CCNc1ncnc(N(C)CC(=O)OC(C)(C)C)c1[N+](=O)[O-]. The van der Waals surface area contributed by atoms with Crippen LogP contribution in [0.3, 0.4) is 0 Å². The summed E-state index contributed by atoms with van der Waals surface area (Å²) in [4.78, 5) is 35.3. The van der Waals surface area contributed by atoms with E-state index in [2.05, 4.69) is 34.0 Å². The molecule has 1 heterocycles. The quantitative estimate of drug-likeness (QED) is 0.265. The standard InChI is InChI=1S/C21H38N6O4/c1-7-9-12-26(13-10-8-2)14-11-22-19-18(27(29)30)20(24-16-23-19)25(6)15-17(28)31-21(3,4)5/h16H,7-15H2,1-6H3,(H,22,23,24). The second-order valence-electron chi connectivity index (χ2n) is 8.57. The molecule has 0 aliphatic rings. The molecule has 0 atom stereocenters. The Kier molecular flexibility index (Phi) is 11.2. The van der Waals surface area contributed by atoms with Crippen LogP contribution in [0.2, 0.25) is 0 Å². The van der Waals surface area contributed by atoms with E-state index in [0.29, 0.717) is 6.54 Å². The third-order valence-electron chi connectivity index (χ3n) is 4.51. The number of aromatic nitrogens is 2. The van der Waals surface area contributed by atoms with Crippen molar-refractivity contribution < 1.29 is 14.5 Å². The van der Waals surface area contributed by atoms with Crippen LogP contribution in [0.25, 0.3) is 0 Å². The Morgan fingerprint density at radius 3 is 2.29 bits per heavy atom. The fourth-order valence-corrected chi connectivity index (χ4v) is 3.02. The Morgan fingerprint density at radius 2 is 1.77 bits per heavy atom. The molecule has 0 aliphatic carbocycles. The summed E-state index contributed by atoms with van der Waals surface area (Å²) in [6, 6.07) is 0. The van der Waals surface area contributed by atoms with Crippen molar-refractivity contribution in [2.24, 2.45) is 0 Å². The highest BCUT2D eigenvalue weighted by atomic mass is 16.6. The summed E-state index contributed by atoms with van der Waals surface area (Å²) in [5, 5.41) is 14.9. The molecule has 0 amide bonds. The van der Waals surface area contributed by atoms with E-state index in [1.165, 1.54) is 11.2 Å². The first-order valence-electron chi connectivity index (χ1n) is 11.0. The molecule has 0 aromatic carbocycles. The first-order chi connectivity index (χ1) is 14.6. The summed E-state index contributed by atoms with van der Waals surface area (Å²) in [5.74, 6) is -0.265. The van der Waals surface area contributed by atoms with Gasteiger partial charge < -0.3 is 19.9 Å². The number of nitrogens with one attached hydrogen (secondary N) is 1. The van der Waals surface area contributed by atoms with Crippen LogP contribution in [0.4, 0.5) is 17.3 Å². The van der Waals surface area contributed by atoms with Crippen LogP contribution in [0.15, 0.2) is 6.33 Å². The highest BCUT2D eigenvalue weighted by Gasteiger charge is 2.27. The summed E-state index contributed by atoms with van der Waals surface area (Å²) in [6.45, 7) is 12.8. The maximum Gasteiger partial charge on any atom is 0.353 e. The summed E-state index contributed by atoms with van der Waals surface area (Å²) in [6.07, 6.45) is 5.76. The van der Waals surface area contributed by atoms with Gasteiger partial charge in [0.1, 0.15) is 18.5 Å². The molecule has 0 radical (unpaired) electrons. The van der Waals surface area contributed by atoms with E-state index in [1.807, 2.05) is 0 Å². The number of nitro groups is 1. The maximum absolute atomic E-state index is 12.1. The highest BCUT2D eigenvalue weighted by Crippen LogP contribution is 2.31. The van der Waals surface area contributed by atoms with Crippen LogP contribution in [-0.2, 0) is 9.53 Å². The van der Waals surface area contributed by atoms with Crippen molar-refractivity contribution >= 4 is 23.3 Å². The molecule has 0 fully saturated rings. The normalized spacial score (nSPS) is 11.5. The summed E-state index contributed by atoms with van der Waals surface area (Å²) < 4.78 is 5.30. The Labute approximate surface area is 185 Å². The molecule has 0 bridgehead atoms. The van der Waals surface area contributed by atoms with Crippen LogP contribution in [0.5, 0.6) is 0 Å². The van der Waals surface area contributed by atoms with Gasteiger partial charge in [-0.3, -0.25) is 14.9 Å². The molecule has 0 aliphatic heterocycles. The van der Waals surface area contributed by atoms with Crippen molar-refractivity contribution in [1.82, 2.24) is 14.9 Å². The van der Waals surface area contributed by atoms with Gasteiger partial charge in [-0.15, -0.1) is 0 Å². The minimum atomic E-state index is -0.635. The van der Waals surface area contributed by atoms with E-state index in [0.717, 1.165) is 45.3 Å². The van der Waals surface area contributed by atoms with E-state index in [4.69, 9.17) is 4.74 Å². The van der Waals surface area contributed by atoms with Gasteiger partial charge in [-0.2, -0.15) is 0 Å². The first kappa shape index (κ1) is 26.5. The van der Waals surface area contributed by atoms with Gasteiger partial charge in [0.05, 0.1) is 4.92 Å². The van der Waals surface area contributed by atoms with Crippen molar-refractivity contribution in [3.63, 3.8) is 0 Å². The van der Waals surface area contributed by atoms with Gasteiger partial charge in [-0.25, -0.2) is 9.97 Å². The lowest BCUT2D eigenvalue weighted by atomic mass is 10.2. The second-order valence-corrected chi connectivity index (χ2v) is 8.57. The molecule has 31 heavy (non-hydrogen) atoms. The topological polar surface area (TPSA) is 114 Å². The van der Waals surface area contributed by atoms with Crippen molar-refractivity contribution in [2.75, 3.05) is 50.0 Å². The highest BCUT2D eigenvalue weighted by molar-refractivity contribution is 5.78. The van der Waals surface area contributed by atoms with Gasteiger partial charge in [0.25, 0.3) is 0 Å². The van der Waals surface area contributed by atoms with E-state index in [1.54, 1.807) is 27.8 Å². The molecule has 0 saturated carbocycles. The monoisotopic (exact) mass is 438 g/mol. The van der Waals surface area contributed by atoms with Crippen LogP contribution >= 0.6 is 0 Å². The van der Waals surface area contributed by atoms with E-state index >= 15 is 0 Å². The zero-order valence-electron chi connectivity index (χ0n) is 19.8. The minimum absolute atomic E-state index is 0.0715. The van der Waals surface area contributed by atoms with Gasteiger partial charge in [0.2, 0.25) is 11.6 Å². The van der Waals surface area contributed by atoms with Crippen LogP contribution in [-0.4, -0.2) is 71.1 Å². The number of ether oxygens (including phenoxy) is 1. The van der Waals surface area contributed by atoms with Crippen LogP contribution < -0.4 is 10.2 Å². The Morgan fingerprint density at radius 1 is 1.16 bits per heavy atom. The lowest BCUT2D eigenvalue weighted by Crippen LogP contribution is -2.33. The number of unbranched alkanes of at least 4 members (excludes halogenated alkanes) is 2. The van der Waals surface area contributed by atoms with Crippen molar-refractivity contribution in [2.45, 2.75) is 65.9 Å². The van der Waals surface area contributed by atoms with E-state index < -0.39 is 16.5 Å². The molecule has 0 saturated heterocycles. The zero-order chi connectivity index (χ0) is 23.4.